The SMILES string of the molecule is CC(C)(C)OC(=O)Nc1cc(Br)cc2c1cnn2C1CCCCO1. The molecule has 0 saturated carbocycles. The molecule has 1 aliphatic heterocycles. The van der Waals surface area contributed by atoms with Gasteiger partial charge in [-0.15, -0.1) is 0 Å². The highest BCUT2D eigenvalue weighted by Gasteiger charge is 2.21. The number of rotatable bonds is 2. The third kappa shape index (κ3) is 3.89. The highest BCUT2D eigenvalue weighted by molar-refractivity contribution is 9.10. The van der Waals surface area contributed by atoms with Gasteiger partial charge in [0, 0.05) is 16.5 Å². The van der Waals surface area contributed by atoms with Crippen LogP contribution in [0.2, 0.25) is 0 Å². The summed E-state index contributed by atoms with van der Waals surface area (Å²) < 4.78 is 13.9. The van der Waals surface area contributed by atoms with Gasteiger partial charge in [-0.2, -0.15) is 5.10 Å². The number of nitrogens with one attached hydrogen (secondary N) is 1. The molecule has 24 heavy (non-hydrogen) atoms. The van der Waals surface area contributed by atoms with Crippen LogP contribution in [-0.4, -0.2) is 28.1 Å². The largest absolute Gasteiger partial charge is 0.444 e. The number of halogens is 1. The van der Waals surface area contributed by atoms with E-state index in [2.05, 4.69) is 26.3 Å². The Balaban J connectivity index is 1.91. The van der Waals surface area contributed by atoms with E-state index in [1.165, 1.54) is 0 Å². The molecule has 1 unspecified atom stereocenters. The molecule has 1 saturated heterocycles. The molecule has 3 rings (SSSR count). The van der Waals surface area contributed by atoms with Gasteiger partial charge in [-0.25, -0.2) is 9.48 Å². The zero-order valence-electron chi connectivity index (χ0n) is 14.1. The monoisotopic (exact) mass is 395 g/mol. The second-order valence-corrected chi connectivity index (χ2v) is 7.84. The molecule has 0 bridgehead atoms. The molecule has 1 aliphatic rings. The molecule has 2 aromatic rings. The van der Waals surface area contributed by atoms with Crippen LogP contribution in [0.5, 0.6) is 0 Å². The summed E-state index contributed by atoms with van der Waals surface area (Å²) in [5.74, 6) is 0. The van der Waals surface area contributed by atoms with Crippen LogP contribution in [0.25, 0.3) is 10.9 Å². The number of aromatic nitrogens is 2. The first-order valence-corrected chi connectivity index (χ1v) is 8.91. The number of carbonyl (C=O) groups excluding carboxylic acids is 1. The fourth-order valence-corrected chi connectivity index (χ4v) is 3.22. The van der Waals surface area contributed by atoms with E-state index in [4.69, 9.17) is 9.47 Å². The second kappa shape index (κ2) is 6.72. The summed E-state index contributed by atoms with van der Waals surface area (Å²) in [6.45, 7) is 6.26. The van der Waals surface area contributed by atoms with E-state index in [9.17, 15) is 4.79 Å². The summed E-state index contributed by atoms with van der Waals surface area (Å²) in [6, 6.07) is 3.83. The summed E-state index contributed by atoms with van der Waals surface area (Å²) in [5, 5.41) is 8.15. The van der Waals surface area contributed by atoms with E-state index in [1.807, 2.05) is 37.6 Å². The van der Waals surface area contributed by atoms with Gasteiger partial charge in [0.2, 0.25) is 0 Å². The minimum Gasteiger partial charge on any atom is -0.444 e. The van der Waals surface area contributed by atoms with Gasteiger partial charge >= 0.3 is 6.09 Å². The molecule has 1 fully saturated rings. The van der Waals surface area contributed by atoms with E-state index in [0.29, 0.717) is 5.69 Å². The summed E-state index contributed by atoms with van der Waals surface area (Å²) in [6.07, 6.45) is 4.38. The van der Waals surface area contributed by atoms with Crippen LogP contribution >= 0.6 is 15.9 Å². The molecule has 1 aromatic heterocycles. The minimum atomic E-state index is -0.546. The van der Waals surface area contributed by atoms with Gasteiger partial charge in [0.05, 0.1) is 17.4 Å². The van der Waals surface area contributed by atoms with Crippen LogP contribution in [0.4, 0.5) is 10.5 Å². The molecule has 1 atom stereocenters. The smallest absolute Gasteiger partial charge is 0.412 e. The van der Waals surface area contributed by atoms with Crippen molar-refractivity contribution >= 4 is 38.6 Å². The number of hydrogen-bond donors (Lipinski definition) is 1. The minimum absolute atomic E-state index is 0.0556. The Morgan fingerprint density at radius 1 is 1.42 bits per heavy atom. The number of carbonyl (C=O) groups is 1. The molecule has 7 heteroatoms. The summed E-state index contributed by atoms with van der Waals surface area (Å²) in [5.41, 5.74) is 1.04. The van der Waals surface area contributed by atoms with Crippen molar-refractivity contribution in [1.82, 2.24) is 9.78 Å². The van der Waals surface area contributed by atoms with E-state index < -0.39 is 11.7 Å². The highest BCUT2D eigenvalue weighted by atomic mass is 79.9. The quantitative estimate of drug-likeness (QED) is 0.789. The Hall–Kier alpha value is -1.60. The van der Waals surface area contributed by atoms with Crippen LogP contribution in [0.3, 0.4) is 0 Å². The lowest BCUT2D eigenvalue weighted by molar-refractivity contribution is -0.0366. The first-order chi connectivity index (χ1) is 11.3. The molecule has 1 amide bonds. The van der Waals surface area contributed by atoms with Crippen molar-refractivity contribution in [3.63, 3.8) is 0 Å². The van der Waals surface area contributed by atoms with E-state index in [-0.39, 0.29) is 6.23 Å². The molecule has 0 radical (unpaired) electrons. The van der Waals surface area contributed by atoms with E-state index >= 15 is 0 Å². The van der Waals surface area contributed by atoms with Crippen molar-refractivity contribution in [3.05, 3.63) is 22.8 Å². The third-order valence-electron chi connectivity index (χ3n) is 3.75. The lowest BCUT2D eigenvalue weighted by atomic mass is 10.1. The van der Waals surface area contributed by atoms with Gasteiger partial charge in [0.15, 0.2) is 6.23 Å². The Bertz CT molecular complexity index is 745. The lowest BCUT2D eigenvalue weighted by Gasteiger charge is -2.23. The van der Waals surface area contributed by atoms with Crippen molar-refractivity contribution in [2.75, 3.05) is 11.9 Å². The fraction of sp³-hybridized carbons (Fsp3) is 0.529. The summed E-state index contributed by atoms with van der Waals surface area (Å²) in [4.78, 5) is 12.1. The maximum atomic E-state index is 12.1. The molecule has 1 N–H and O–H groups in total. The molecule has 6 nitrogen and oxygen atoms in total. The van der Waals surface area contributed by atoms with Crippen LogP contribution in [0.15, 0.2) is 22.8 Å². The Kier molecular flexibility index (Phi) is 4.83. The van der Waals surface area contributed by atoms with Gasteiger partial charge in [-0.1, -0.05) is 15.9 Å². The Labute approximate surface area is 149 Å². The first-order valence-electron chi connectivity index (χ1n) is 8.12. The number of amides is 1. The zero-order valence-corrected chi connectivity index (χ0v) is 15.7. The molecule has 0 spiro atoms. The number of fused-ring (bicyclic) bond motifs is 1. The van der Waals surface area contributed by atoms with Crippen LogP contribution < -0.4 is 5.32 Å². The average molecular weight is 396 g/mol. The second-order valence-electron chi connectivity index (χ2n) is 6.92. The molecular weight excluding hydrogens is 374 g/mol. The standard InChI is InChI=1S/C17H22BrN3O3/c1-17(2,3)24-16(22)20-13-8-11(18)9-14-12(13)10-19-21(14)15-6-4-5-7-23-15/h8-10,15H,4-7H2,1-3H3,(H,20,22). The normalized spacial score (nSPS) is 18.6. The van der Waals surface area contributed by atoms with Crippen molar-refractivity contribution in [2.24, 2.45) is 0 Å². The van der Waals surface area contributed by atoms with E-state index in [1.54, 1.807) is 6.20 Å². The van der Waals surface area contributed by atoms with Crippen molar-refractivity contribution in [1.29, 1.82) is 0 Å². The first kappa shape index (κ1) is 17.2. The lowest BCUT2D eigenvalue weighted by Crippen LogP contribution is -2.27. The number of hydrogen-bond acceptors (Lipinski definition) is 4. The van der Waals surface area contributed by atoms with Crippen LogP contribution in [0.1, 0.15) is 46.3 Å². The van der Waals surface area contributed by atoms with E-state index in [0.717, 1.165) is 41.2 Å². The predicted octanol–water partition coefficient (Wildman–Crippen LogP) is 4.84. The summed E-state index contributed by atoms with van der Waals surface area (Å²) in [7, 11) is 0. The highest BCUT2D eigenvalue weighted by Crippen LogP contribution is 2.32. The maximum Gasteiger partial charge on any atom is 0.412 e. The summed E-state index contributed by atoms with van der Waals surface area (Å²) >= 11 is 3.50. The fourth-order valence-electron chi connectivity index (χ4n) is 2.77. The Morgan fingerprint density at radius 2 is 2.21 bits per heavy atom. The molecular formula is C17H22BrN3O3. The average Bonchev–Trinajstić information content (AvgIpc) is 2.90. The van der Waals surface area contributed by atoms with Crippen molar-refractivity contribution < 1.29 is 14.3 Å². The maximum absolute atomic E-state index is 12.1. The van der Waals surface area contributed by atoms with Gasteiger partial charge in [0.25, 0.3) is 0 Å². The number of benzene rings is 1. The van der Waals surface area contributed by atoms with Crippen molar-refractivity contribution in [3.8, 4) is 0 Å². The number of nitrogens with zero attached hydrogens (tertiary/aromatic N) is 2. The third-order valence-corrected chi connectivity index (χ3v) is 4.20. The van der Waals surface area contributed by atoms with Gasteiger partial charge in [-0.3, -0.25) is 5.32 Å². The number of ether oxygens (including phenoxy) is 2. The van der Waals surface area contributed by atoms with Gasteiger partial charge in [-0.05, 0) is 52.2 Å². The zero-order chi connectivity index (χ0) is 17.3. The van der Waals surface area contributed by atoms with Crippen LogP contribution in [-0.2, 0) is 9.47 Å². The number of anilines is 1. The topological polar surface area (TPSA) is 65.4 Å². The van der Waals surface area contributed by atoms with Crippen LogP contribution in [0, 0.1) is 0 Å². The van der Waals surface area contributed by atoms with Gasteiger partial charge < -0.3 is 9.47 Å². The molecule has 1 aromatic carbocycles. The van der Waals surface area contributed by atoms with Crippen molar-refractivity contribution in [2.45, 2.75) is 51.9 Å². The molecule has 0 aliphatic carbocycles. The Morgan fingerprint density at radius 3 is 2.88 bits per heavy atom. The van der Waals surface area contributed by atoms with Gasteiger partial charge in [0.1, 0.15) is 5.60 Å². The molecule has 2 heterocycles. The predicted molar refractivity (Wildman–Crippen MR) is 96.1 cm³/mol. The molecule has 130 valence electrons.